The Hall–Kier alpha value is -3.52. The van der Waals surface area contributed by atoms with E-state index in [1.165, 1.54) is 12.1 Å². The molecule has 0 unspecified atom stereocenters. The molecule has 0 aliphatic heterocycles. The number of ether oxygens (including phenoxy) is 1. The molecule has 0 bridgehead atoms. The summed E-state index contributed by atoms with van der Waals surface area (Å²) in [5.41, 5.74) is 4.03. The molecular weight excluding hydrogens is 429 g/mol. The molecular formula is C24H24FN3O3S. The largest absolute Gasteiger partial charge is 0.461 e. The van der Waals surface area contributed by atoms with Crippen molar-refractivity contribution >= 4 is 39.7 Å². The number of carbonyl (C=O) groups is 2. The number of hydrogen-bond acceptors (Lipinski definition) is 6. The van der Waals surface area contributed by atoms with Gasteiger partial charge in [-0.15, -0.1) is 11.3 Å². The maximum atomic E-state index is 13.5. The summed E-state index contributed by atoms with van der Waals surface area (Å²) in [5.74, 6) is -1.20. The molecule has 32 heavy (non-hydrogen) atoms. The Morgan fingerprint density at radius 1 is 1.22 bits per heavy atom. The molecule has 0 saturated heterocycles. The summed E-state index contributed by atoms with van der Waals surface area (Å²) in [6, 6.07) is 11.6. The van der Waals surface area contributed by atoms with Gasteiger partial charge in [-0.1, -0.05) is 12.1 Å². The van der Waals surface area contributed by atoms with Crippen molar-refractivity contribution in [3.63, 3.8) is 0 Å². The fraction of sp³-hybridized carbons (Fsp3) is 0.208. The number of nitrogens with zero attached hydrogens (tertiary/aromatic N) is 2. The van der Waals surface area contributed by atoms with E-state index in [1.54, 1.807) is 36.6 Å². The van der Waals surface area contributed by atoms with Crippen LogP contribution in [-0.2, 0) is 4.74 Å². The predicted octanol–water partition coefficient (Wildman–Crippen LogP) is 6.08. The summed E-state index contributed by atoms with van der Waals surface area (Å²) >= 11 is 1.15. The van der Waals surface area contributed by atoms with Gasteiger partial charge >= 0.3 is 5.97 Å². The minimum Gasteiger partial charge on any atom is -0.461 e. The molecule has 1 aromatic heterocycles. The van der Waals surface area contributed by atoms with Gasteiger partial charge in [-0.05, 0) is 69.7 Å². The highest BCUT2D eigenvalue weighted by Gasteiger charge is 2.18. The van der Waals surface area contributed by atoms with Gasteiger partial charge in [0.2, 0.25) is 0 Å². The molecule has 8 heteroatoms. The summed E-state index contributed by atoms with van der Waals surface area (Å²) in [5, 5.41) is 4.58. The van der Waals surface area contributed by atoms with Crippen molar-refractivity contribution in [3.8, 4) is 0 Å². The van der Waals surface area contributed by atoms with Crippen LogP contribution >= 0.6 is 11.3 Å². The summed E-state index contributed by atoms with van der Waals surface area (Å²) in [6.45, 7) is 7.78. The average molecular weight is 454 g/mol. The van der Waals surface area contributed by atoms with Crippen molar-refractivity contribution in [2.24, 2.45) is 0 Å². The minimum atomic E-state index is -0.529. The molecule has 0 aliphatic rings. The Morgan fingerprint density at radius 2 is 1.94 bits per heavy atom. The van der Waals surface area contributed by atoms with Crippen LogP contribution in [0, 0.1) is 12.7 Å². The lowest BCUT2D eigenvalue weighted by molar-refractivity contribution is 0.0520. The topological polar surface area (TPSA) is 71.5 Å². The number of aromatic nitrogens is 1. The molecule has 6 nitrogen and oxygen atoms in total. The first-order valence-electron chi connectivity index (χ1n) is 10.1. The van der Waals surface area contributed by atoms with Crippen molar-refractivity contribution in [2.75, 3.05) is 16.8 Å². The molecule has 1 heterocycles. The Kier molecular flexibility index (Phi) is 7.37. The number of nitrogens with one attached hydrogen (secondary N) is 1. The third-order valence-corrected chi connectivity index (χ3v) is 5.53. The van der Waals surface area contributed by atoms with Crippen LogP contribution in [0.3, 0.4) is 0 Å². The second-order valence-electron chi connectivity index (χ2n) is 6.96. The Labute approximate surface area is 190 Å². The minimum absolute atomic E-state index is 0.155. The number of anilines is 3. The van der Waals surface area contributed by atoms with E-state index in [9.17, 15) is 14.0 Å². The number of thiazole rings is 1. The first kappa shape index (κ1) is 23.1. The van der Waals surface area contributed by atoms with E-state index >= 15 is 0 Å². The lowest BCUT2D eigenvalue weighted by atomic mass is 10.1. The number of benzene rings is 2. The summed E-state index contributed by atoms with van der Waals surface area (Å²) in [6.07, 6.45) is 1.95. The first-order chi connectivity index (χ1) is 15.3. The normalized spacial score (nSPS) is 11.2. The van der Waals surface area contributed by atoms with Gasteiger partial charge in [0, 0.05) is 28.0 Å². The van der Waals surface area contributed by atoms with Gasteiger partial charge in [0.25, 0.3) is 5.91 Å². The molecule has 0 aliphatic carbocycles. The van der Waals surface area contributed by atoms with Gasteiger partial charge in [0.1, 0.15) is 5.82 Å². The molecule has 166 valence electrons. The predicted molar refractivity (Wildman–Crippen MR) is 125 cm³/mol. The smallest absolute Gasteiger partial charge is 0.357 e. The molecule has 0 atom stereocenters. The molecule has 1 N–H and O–H groups in total. The molecule has 1 amide bonds. The zero-order valence-electron chi connectivity index (χ0n) is 18.3. The highest BCUT2D eigenvalue weighted by atomic mass is 32.1. The molecule has 3 aromatic rings. The highest BCUT2D eigenvalue weighted by molar-refractivity contribution is 7.14. The highest BCUT2D eigenvalue weighted by Crippen LogP contribution is 2.33. The summed E-state index contributed by atoms with van der Waals surface area (Å²) < 4.78 is 18.4. The van der Waals surface area contributed by atoms with E-state index in [2.05, 4.69) is 10.3 Å². The van der Waals surface area contributed by atoms with Crippen LogP contribution in [0.15, 0.2) is 59.6 Å². The second-order valence-corrected chi connectivity index (χ2v) is 7.81. The van der Waals surface area contributed by atoms with Gasteiger partial charge in [0.15, 0.2) is 10.8 Å². The Balaban J connectivity index is 1.90. The number of amides is 1. The van der Waals surface area contributed by atoms with E-state index < -0.39 is 5.97 Å². The van der Waals surface area contributed by atoms with Crippen LogP contribution in [0.4, 0.5) is 20.9 Å². The van der Waals surface area contributed by atoms with Gasteiger partial charge in [-0.25, -0.2) is 14.2 Å². The van der Waals surface area contributed by atoms with E-state index in [0.717, 1.165) is 34.0 Å². The quantitative estimate of drug-likeness (QED) is 0.439. The van der Waals surface area contributed by atoms with E-state index in [-0.39, 0.29) is 24.0 Å². The number of rotatable bonds is 7. The van der Waals surface area contributed by atoms with Crippen LogP contribution in [0.2, 0.25) is 0 Å². The summed E-state index contributed by atoms with van der Waals surface area (Å²) in [7, 11) is 0. The van der Waals surface area contributed by atoms with Crippen molar-refractivity contribution in [2.45, 2.75) is 27.7 Å². The van der Waals surface area contributed by atoms with Gasteiger partial charge in [-0.3, -0.25) is 10.1 Å². The molecule has 0 spiro atoms. The number of carbonyl (C=O) groups excluding carboxylic acids is 2. The number of esters is 1. The van der Waals surface area contributed by atoms with Crippen LogP contribution < -0.4 is 10.2 Å². The second kappa shape index (κ2) is 10.2. The Bertz CT molecular complexity index is 1160. The molecule has 0 radical (unpaired) electrons. The van der Waals surface area contributed by atoms with Crippen molar-refractivity contribution < 1.29 is 18.7 Å². The van der Waals surface area contributed by atoms with Crippen LogP contribution in [0.25, 0.3) is 0 Å². The van der Waals surface area contributed by atoms with Crippen molar-refractivity contribution in [3.05, 3.63) is 82.3 Å². The van der Waals surface area contributed by atoms with Crippen molar-refractivity contribution in [1.29, 1.82) is 0 Å². The fourth-order valence-corrected chi connectivity index (χ4v) is 3.72. The van der Waals surface area contributed by atoms with E-state index in [0.29, 0.717) is 10.7 Å². The third kappa shape index (κ3) is 5.20. The Morgan fingerprint density at radius 3 is 2.59 bits per heavy atom. The SMILES string of the molecule is C/C=C(/C)N(c1ccc(F)cc1)c1cc(C(=O)Nc2nc(C(=O)OCC)cs2)ccc1C. The molecule has 0 saturated carbocycles. The number of allylic oxidation sites excluding steroid dienone is 2. The first-order valence-corrected chi connectivity index (χ1v) is 10.9. The van der Waals surface area contributed by atoms with Crippen LogP contribution in [0.1, 0.15) is 47.2 Å². The fourth-order valence-electron chi connectivity index (χ4n) is 3.04. The lowest BCUT2D eigenvalue weighted by Crippen LogP contribution is -2.18. The van der Waals surface area contributed by atoms with Crippen molar-refractivity contribution in [1.82, 2.24) is 4.98 Å². The number of halogens is 1. The third-order valence-electron chi connectivity index (χ3n) is 4.78. The molecule has 2 aromatic carbocycles. The maximum absolute atomic E-state index is 13.5. The average Bonchev–Trinajstić information content (AvgIpc) is 3.25. The number of aryl methyl sites for hydroxylation is 1. The van der Waals surface area contributed by atoms with Crippen LogP contribution in [0.5, 0.6) is 0 Å². The molecule has 0 fully saturated rings. The maximum Gasteiger partial charge on any atom is 0.357 e. The monoisotopic (exact) mass is 453 g/mol. The van der Waals surface area contributed by atoms with Gasteiger partial charge in [-0.2, -0.15) is 0 Å². The molecule has 3 rings (SSSR count). The van der Waals surface area contributed by atoms with E-state index in [1.807, 2.05) is 37.8 Å². The van der Waals surface area contributed by atoms with E-state index in [4.69, 9.17) is 4.74 Å². The summed E-state index contributed by atoms with van der Waals surface area (Å²) in [4.78, 5) is 30.8. The van der Waals surface area contributed by atoms with Crippen LogP contribution in [-0.4, -0.2) is 23.5 Å². The van der Waals surface area contributed by atoms with Gasteiger partial charge < -0.3 is 9.64 Å². The number of hydrogen-bond donors (Lipinski definition) is 1. The standard InChI is InChI=1S/C24H24FN3O3S/c1-5-16(4)28(19-11-9-18(25)10-12-19)21-13-17(8-7-15(21)3)22(29)27-24-26-20(14-32-24)23(30)31-6-2/h5,7-14H,6H2,1-4H3,(H,26,27,29)/b16-5-. The zero-order chi connectivity index (χ0) is 23.3. The van der Waals surface area contributed by atoms with Gasteiger partial charge in [0.05, 0.1) is 6.61 Å². The zero-order valence-corrected chi connectivity index (χ0v) is 19.1. The lowest BCUT2D eigenvalue weighted by Gasteiger charge is -2.28.